The summed E-state index contributed by atoms with van der Waals surface area (Å²) in [5, 5.41) is 5.42. The van der Waals surface area contributed by atoms with Gasteiger partial charge in [-0.3, -0.25) is 4.79 Å². The topological polar surface area (TPSA) is 70.7 Å². The predicted octanol–water partition coefficient (Wildman–Crippen LogP) is 3.46. The molecule has 7 heteroatoms. The van der Waals surface area contributed by atoms with Crippen LogP contribution in [-0.2, 0) is 4.79 Å². The van der Waals surface area contributed by atoms with E-state index in [-0.39, 0.29) is 11.7 Å². The first-order chi connectivity index (χ1) is 13.0. The number of nitrogens with one attached hydrogen (secondary N) is 2. The molecule has 0 aliphatic carbocycles. The third kappa shape index (κ3) is 4.19. The van der Waals surface area contributed by atoms with Crippen LogP contribution in [0.5, 0.6) is 5.75 Å². The molecule has 142 valence electrons. The van der Waals surface area contributed by atoms with E-state index in [1.165, 1.54) is 6.07 Å². The molecule has 3 amide bonds. The molecule has 1 atom stereocenters. The minimum absolute atomic E-state index is 0.214. The molecule has 1 heterocycles. The van der Waals surface area contributed by atoms with Gasteiger partial charge in [-0.2, -0.15) is 0 Å². The Hall–Kier alpha value is -3.09. The molecule has 27 heavy (non-hydrogen) atoms. The van der Waals surface area contributed by atoms with Gasteiger partial charge in [0.25, 0.3) is 0 Å². The van der Waals surface area contributed by atoms with Crippen molar-refractivity contribution in [2.24, 2.45) is 0 Å². The molecule has 0 unspecified atom stereocenters. The summed E-state index contributed by atoms with van der Waals surface area (Å²) in [7, 11) is 0. The summed E-state index contributed by atoms with van der Waals surface area (Å²) in [5.74, 6) is 0.0398. The standard InChI is InChI=1S/C20H22FN3O3/c1-3-27-18-7-5-4-6-16(18)22-20(26)23-17-10-11-24(19(17)25)14-8-9-15(21)13(2)12-14/h4-9,12,17H,3,10-11H2,1-2H3,(H2,22,23,26)/t17-/m1/s1. The number of carbonyl (C=O) groups excluding carboxylic acids is 2. The molecule has 0 aromatic heterocycles. The zero-order valence-electron chi connectivity index (χ0n) is 15.3. The molecule has 1 fully saturated rings. The van der Waals surface area contributed by atoms with Crippen molar-refractivity contribution in [3.63, 3.8) is 0 Å². The molecule has 0 spiro atoms. The lowest BCUT2D eigenvalue weighted by Gasteiger charge is -2.18. The molecule has 0 saturated carbocycles. The van der Waals surface area contributed by atoms with Crippen LogP contribution in [0.3, 0.4) is 0 Å². The minimum Gasteiger partial charge on any atom is -0.492 e. The highest BCUT2D eigenvalue weighted by Gasteiger charge is 2.33. The molecule has 6 nitrogen and oxygen atoms in total. The summed E-state index contributed by atoms with van der Waals surface area (Å²) >= 11 is 0. The van der Waals surface area contributed by atoms with Gasteiger partial charge in [0.1, 0.15) is 17.6 Å². The highest BCUT2D eigenvalue weighted by Crippen LogP contribution is 2.25. The molecule has 1 aliphatic rings. The van der Waals surface area contributed by atoms with Crippen LogP contribution in [0.1, 0.15) is 18.9 Å². The Balaban J connectivity index is 1.64. The van der Waals surface area contributed by atoms with Crippen LogP contribution in [0.25, 0.3) is 0 Å². The summed E-state index contributed by atoms with van der Waals surface area (Å²) in [6, 6.07) is 10.5. The monoisotopic (exact) mass is 371 g/mol. The first-order valence-corrected chi connectivity index (χ1v) is 8.86. The Morgan fingerprint density at radius 2 is 2.07 bits per heavy atom. The fraction of sp³-hybridized carbons (Fsp3) is 0.300. The van der Waals surface area contributed by atoms with Gasteiger partial charge in [0.05, 0.1) is 12.3 Å². The first-order valence-electron chi connectivity index (χ1n) is 8.86. The molecular formula is C20H22FN3O3. The average molecular weight is 371 g/mol. The number of para-hydroxylation sites is 2. The number of ether oxygens (including phenoxy) is 1. The van der Waals surface area contributed by atoms with Gasteiger partial charge >= 0.3 is 6.03 Å². The average Bonchev–Trinajstić information content (AvgIpc) is 3.00. The van der Waals surface area contributed by atoms with Crippen LogP contribution < -0.4 is 20.3 Å². The zero-order chi connectivity index (χ0) is 19.4. The van der Waals surface area contributed by atoms with Crippen LogP contribution in [0.15, 0.2) is 42.5 Å². The predicted molar refractivity (Wildman–Crippen MR) is 102 cm³/mol. The number of anilines is 2. The smallest absolute Gasteiger partial charge is 0.319 e. The maximum Gasteiger partial charge on any atom is 0.319 e. The molecule has 1 aliphatic heterocycles. The SMILES string of the molecule is CCOc1ccccc1NC(=O)N[C@@H]1CCN(c2ccc(F)c(C)c2)C1=O. The Morgan fingerprint density at radius 3 is 2.81 bits per heavy atom. The largest absolute Gasteiger partial charge is 0.492 e. The van der Waals surface area contributed by atoms with Crippen molar-refractivity contribution in [2.45, 2.75) is 26.3 Å². The van der Waals surface area contributed by atoms with Crippen LogP contribution in [0, 0.1) is 12.7 Å². The van der Waals surface area contributed by atoms with E-state index in [1.807, 2.05) is 13.0 Å². The van der Waals surface area contributed by atoms with Crippen molar-refractivity contribution in [2.75, 3.05) is 23.4 Å². The number of aryl methyl sites for hydroxylation is 1. The minimum atomic E-state index is -0.630. The second-order valence-electron chi connectivity index (χ2n) is 6.29. The molecule has 2 aromatic rings. The first kappa shape index (κ1) is 18.7. The summed E-state index contributed by atoms with van der Waals surface area (Å²) in [5.41, 5.74) is 1.64. The van der Waals surface area contributed by atoms with E-state index in [0.717, 1.165) is 0 Å². The number of halogens is 1. The number of amides is 3. The lowest BCUT2D eigenvalue weighted by Crippen LogP contribution is -2.43. The van der Waals surface area contributed by atoms with Crippen LogP contribution in [0.2, 0.25) is 0 Å². The van der Waals surface area contributed by atoms with Crippen molar-refractivity contribution in [1.82, 2.24) is 5.32 Å². The second-order valence-corrected chi connectivity index (χ2v) is 6.29. The van der Waals surface area contributed by atoms with E-state index in [9.17, 15) is 14.0 Å². The highest BCUT2D eigenvalue weighted by atomic mass is 19.1. The van der Waals surface area contributed by atoms with E-state index in [0.29, 0.717) is 42.3 Å². The van der Waals surface area contributed by atoms with Crippen molar-refractivity contribution in [3.05, 3.63) is 53.8 Å². The Bertz CT molecular complexity index is 856. The summed E-state index contributed by atoms with van der Waals surface area (Å²) in [6.45, 7) is 4.45. The van der Waals surface area contributed by atoms with Gasteiger partial charge in [-0.25, -0.2) is 9.18 Å². The maximum absolute atomic E-state index is 13.4. The fourth-order valence-electron chi connectivity index (χ4n) is 3.03. The number of benzene rings is 2. The number of carbonyl (C=O) groups is 2. The van der Waals surface area contributed by atoms with Gasteiger partial charge in [0.2, 0.25) is 5.91 Å². The van der Waals surface area contributed by atoms with Crippen molar-refractivity contribution < 1.29 is 18.7 Å². The number of hydrogen-bond donors (Lipinski definition) is 2. The Labute approximate surface area is 157 Å². The summed E-state index contributed by atoms with van der Waals surface area (Å²) in [4.78, 5) is 26.5. The number of urea groups is 1. The van der Waals surface area contributed by atoms with Crippen LogP contribution in [-0.4, -0.2) is 31.1 Å². The van der Waals surface area contributed by atoms with E-state index < -0.39 is 12.1 Å². The third-order valence-corrected chi connectivity index (χ3v) is 4.40. The molecule has 3 rings (SSSR count). The van der Waals surface area contributed by atoms with E-state index in [1.54, 1.807) is 42.2 Å². The normalized spacial score (nSPS) is 16.3. The zero-order valence-corrected chi connectivity index (χ0v) is 15.3. The third-order valence-electron chi connectivity index (χ3n) is 4.40. The Morgan fingerprint density at radius 1 is 1.30 bits per heavy atom. The molecule has 1 saturated heterocycles. The number of nitrogens with zero attached hydrogens (tertiary/aromatic N) is 1. The van der Waals surface area contributed by atoms with Gasteiger partial charge in [-0.05, 0) is 56.2 Å². The van der Waals surface area contributed by atoms with Crippen molar-refractivity contribution >= 4 is 23.3 Å². The van der Waals surface area contributed by atoms with E-state index in [2.05, 4.69) is 10.6 Å². The highest BCUT2D eigenvalue weighted by molar-refractivity contribution is 6.02. The van der Waals surface area contributed by atoms with Gasteiger partial charge in [-0.15, -0.1) is 0 Å². The quantitative estimate of drug-likeness (QED) is 0.846. The van der Waals surface area contributed by atoms with Crippen molar-refractivity contribution in [1.29, 1.82) is 0 Å². The molecular weight excluding hydrogens is 349 g/mol. The molecule has 0 radical (unpaired) electrons. The summed E-state index contributed by atoms with van der Waals surface area (Å²) < 4.78 is 18.9. The van der Waals surface area contributed by atoms with Crippen molar-refractivity contribution in [3.8, 4) is 5.75 Å². The molecule has 0 bridgehead atoms. The lowest BCUT2D eigenvalue weighted by molar-refractivity contribution is -0.118. The van der Waals surface area contributed by atoms with Gasteiger partial charge in [0, 0.05) is 12.2 Å². The van der Waals surface area contributed by atoms with E-state index >= 15 is 0 Å². The number of rotatable bonds is 5. The lowest BCUT2D eigenvalue weighted by atomic mass is 10.2. The van der Waals surface area contributed by atoms with Gasteiger partial charge in [-0.1, -0.05) is 12.1 Å². The molecule has 2 aromatic carbocycles. The van der Waals surface area contributed by atoms with Crippen LogP contribution in [0.4, 0.5) is 20.6 Å². The van der Waals surface area contributed by atoms with Crippen LogP contribution >= 0.6 is 0 Å². The van der Waals surface area contributed by atoms with Gasteiger partial charge in [0.15, 0.2) is 0 Å². The molecule has 2 N–H and O–H groups in total. The second kappa shape index (κ2) is 8.07. The maximum atomic E-state index is 13.4. The van der Waals surface area contributed by atoms with Gasteiger partial charge < -0.3 is 20.3 Å². The Kier molecular flexibility index (Phi) is 5.59. The number of hydrogen-bond acceptors (Lipinski definition) is 3. The summed E-state index contributed by atoms with van der Waals surface area (Å²) in [6.07, 6.45) is 0.482. The fourth-order valence-corrected chi connectivity index (χ4v) is 3.03. The van der Waals surface area contributed by atoms with E-state index in [4.69, 9.17) is 4.74 Å².